The highest BCUT2D eigenvalue weighted by Gasteiger charge is 2.35. The Labute approximate surface area is 136 Å². The van der Waals surface area contributed by atoms with Crippen molar-refractivity contribution in [2.75, 3.05) is 19.5 Å². The van der Waals surface area contributed by atoms with Crippen molar-refractivity contribution >= 4 is 16.1 Å². The van der Waals surface area contributed by atoms with Gasteiger partial charge in [0.2, 0.25) is 0 Å². The number of ether oxygens (including phenoxy) is 1. The van der Waals surface area contributed by atoms with Crippen molar-refractivity contribution in [2.24, 2.45) is 0 Å². The van der Waals surface area contributed by atoms with Crippen molar-refractivity contribution in [1.82, 2.24) is 4.57 Å². The molecule has 11 heteroatoms. The molecule has 0 N–H and O–H groups in total. The molecule has 0 amide bonds. The number of alkyl halides is 3. The number of rotatable bonds is 7. The molecule has 7 nitrogen and oxygen atoms in total. The maximum atomic E-state index is 13.0. The van der Waals surface area contributed by atoms with E-state index >= 15 is 0 Å². The van der Waals surface area contributed by atoms with Crippen molar-refractivity contribution in [3.63, 3.8) is 0 Å². The Hall–Kier alpha value is -1.88. The van der Waals surface area contributed by atoms with E-state index in [0.29, 0.717) is 10.6 Å². The number of nitrogens with zero attached hydrogens (tertiary/aromatic N) is 1. The highest BCUT2D eigenvalue weighted by molar-refractivity contribution is 7.85. The maximum Gasteiger partial charge on any atom is 0.431 e. The lowest BCUT2D eigenvalue weighted by Crippen LogP contribution is -2.32. The topological polar surface area (TPSA) is 91.7 Å². The number of pyridine rings is 1. The lowest BCUT2D eigenvalue weighted by atomic mass is 10.2. The Morgan fingerprint density at radius 1 is 1.29 bits per heavy atom. The Morgan fingerprint density at radius 3 is 2.42 bits per heavy atom. The van der Waals surface area contributed by atoms with Gasteiger partial charge in [-0.25, -0.2) is 4.79 Å². The second kappa shape index (κ2) is 7.79. The first-order valence-electron chi connectivity index (χ1n) is 6.80. The molecule has 0 bridgehead atoms. The second-order valence-electron chi connectivity index (χ2n) is 4.69. The van der Waals surface area contributed by atoms with E-state index in [4.69, 9.17) is 0 Å². The van der Waals surface area contributed by atoms with E-state index in [1.807, 2.05) is 0 Å². The number of carbonyl (C=O) groups is 1. The first kappa shape index (κ1) is 20.2. The minimum atomic E-state index is -4.82. The van der Waals surface area contributed by atoms with Crippen LogP contribution in [0, 0.1) is 0 Å². The Balaban J connectivity index is 3.15. The van der Waals surface area contributed by atoms with E-state index in [1.54, 1.807) is 0 Å². The second-order valence-corrected chi connectivity index (χ2v) is 6.33. The van der Waals surface area contributed by atoms with Gasteiger partial charge in [0.05, 0.1) is 19.5 Å². The molecule has 0 saturated carbocycles. The molecule has 1 aromatic rings. The summed E-state index contributed by atoms with van der Waals surface area (Å²) in [5, 5.41) is 0. The first-order valence-corrected chi connectivity index (χ1v) is 8.61. The fraction of sp³-hybridized carbons (Fsp3) is 0.538. The van der Waals surface area contributed by atoms with Gasteiger partial charge in [0.1, 0.15) is 11.3 Å². The van der Waals surface area contributed by atoms with Crippen LogP contribution in [0.25, 0.3) is 0 Å². The van der Waals surface area contributed by atoms with Crippen LogP contribution in [0.4, 0.5) is 13.2 Å². The van der Waals surface area contributed by atoms with Gasteiger partial charge in [0.25, 0.3) is 15.7 Å². The molecule has 136 valence electrons. The fourth-order valence-corrected chi connectivity index (χ4v) is 2.27. The number of carbonyl (C=O) groups excluding carboxylic acids is 1. The predicted octanol–water partition coefficient (Wildman–Crippen LogP) is 1.41. The Morgan fingerprint density at radius 2 is 1.92 bits per heavy atom. The average molecular weight is 371 g/mol. The molecule has 0 aromatic carbocycles. The molecular weight excluding hydrogens is 355 g/mol. The highest BCUT2D eigenvalue weighted by atomic mass is 32.2. The quantitative estimate of drug-likeness (QED) is 0.409. The van der Waals surface area contributed by atoms with Crippen LogP contribution in [0.15, 0.2) is 16.9 Å². The van der Waals surface area contributed by atoms with E-state index < -0.39 is 52.2 Å². The minimum absolute atomic E-state index is 0.0402. The zero-order valence-electron chi connectivity index (χ0n) is 12.9. The van der Waals surface area contributed by atoms with E-state index in [-0.39, 0.29) is 13.0 Å². The lowest BCUT2D eigenvalue weighted by Gasteiger charge is -2.16. The summed E-state index contributed by atoms with van der Waals surface area (Å²) in [4.78, 5) is 23.8. The van der Waals surface area contributed by atoms with Crippen molar-refractivity contribution in [1.29, 1.82) is 0 Å². The largest absolute Gasteiger partial charge is 0.462 e. The van der Waals surface area contributed by atoms with Gasteiger partial charge in [-0.3, -0.25) is 8.98 Å². The monoisotopic (exact) mass is 371 g/mol. The first-order chi connectivity index (χ1) is 11.0. The van der Waals surface area contributed by atoms with Crippen LogP contribution in [0.3, 0.4) is 0 Å². The molecule has 0 saturated heterocycles. The standard InChI is InChI=1S/C13H16F3NO6S/c1-3-22-12(19)9-5-6-10(13(14,15)16)17(11(9)18)7-4-8-23-24(2,20)21/h5-6H,3-4,7-8H2,1-2H3. The number of esters is 1. The van der Waals surface area contributed by atoms with Gasteiger partial charge in [0, 0.05) is 6.54 Å². The van der Waals surface area contributed by atoms with Gasteiger partial charge in [-0.1, -0.05) is 0 Å². The maximum absolute atomic E-state index is 13.0. The van der Waals surface area contributed by atoms with E-state index in [0.717, 1.165) is 12.3 Å². The number of hydrogen-bond donors (Lipinski definition) is 0. The molecule has 0 aliphatic rings. The van der Waals surface area contributed by atoms with Gasteiger partial charge < -0.3 is 9.30 Å². The molecule has 0 aliphatic heterocycles. The molecule has 0 aliphatic carbocycles. The SMILES string of the molecule is CCOC(=O)c1ccc(C(F)(F)F)n(CCCOS(C)(=O)=O)c1=O. The third-order valence-corrected chi connectivity index (χ3v) is 3.38. The Bertz CT molecular complexity index is 754. The Kier molecular flexibility index (Phi) is 6.55. The van der Waals surface area contributed by atoms with Crippen molar-refractivity contribution in [3.05, 3.63) is 33.7 Å². The van der Waals surface area contributed by atoms with Crippen LogP contribution in [-0.4, -0.2) is 38.4 Å². The zero-order chi connectivity index (χ0) is 18.5. The molecule has 1 aromatic heterocycles. The van der Waals surface area contributed by atoms with Gasteiger partial charge in [-0.2, -0.15) is 21.6 Å². The molecule has 24 heavy (non-hydrogen) atoms. The molecule has 0 atom stereocenters. The molecule has 0 spiro atoms. The third-order valence-electron chi connectivity index (χ3n) is 2.78. The highest BCUT2D eigenvalue weighted by Crippen LogP contribution is 2.28. The summed E-state index contributed by atoms with van der Waals surface area (Å²) in [6, 6.07) is 1.36. The number of halogens is 3. The summed E-state index contributed by atoms with van der Waals surface area (Å²) in [5.74, 6) is -1.03. The molecule has 0 unspecified atom stereocenters. The van der Waals surface area contributed by atoms with Crippen LogP contribution in [-0.2, 0) is 31.8 Å². The van der Waals surface area contributed by atoms with Crippen molar-refractivity contribution < 1.29 is 35.3 Å². The summed E-state index contributed by atoms with van der Waals surface area (Å²) < 4.78 is 70.0. The average Bonchev–Trinajstić information content (AvgIpc) is 2.42. The summed E-state index contributed by atoms with van der Waals surface area (Å²) >= 11 is 0. The fourth-order valence-electron chi connectivity index (χ4n) is 1.85. The van der Waals surface area contributed by atoms with Crippen molar-refractivity contribution in [3.8, 4) is 0 Å². The summed E-state index contributed by atoms with van der Waals surface area (Å²) in [6.45, 7) is 0.577. The van der Waals surface area contributed by atoms with Gasteiger partial charge in [0.15, 0.2) is 0 Å². The number of hydrogen-bond acceptors (Lipinski definition) is 6. The van der Waals surface area contributed by atoms with Crippen LogP contribution >= 0.6 is 0 Å². The predicted molar refractivity (Wildman–Crippen MR) is 77.1 cm³/mol. The molecule has 0 radical (unpaired) electrons. The van der Waals surface area contributed by atoms with Crippen LogP contribution < -0.4 is 5.56 Å². The van der Waals surface area contributed by atoms with E-state index in [1.165, 1.54) is 6.92 Å². The lowest BCUT2D eigenvalue weighted by molar-refractivity contribution is -0.144. The summed E-state index contributed by atoms with van der Waals surface area (Å²) in [6.07, 6.45) is -4.20. The van der Waals surface area contributed by atoms with Crippen LogP contribution in [0.1, 0.15) is 29.4 Å². The van der Waals surface area contributed by atoms with E-state index in [2.05, 4.69) is 8.92 Å². The number of aromatic nitrogens is 1. The molecular formula is C13H16F3NO6S. The molecule has 1 heterocycles. The van der Waals surface area contributed by atoms with Crippen LogP contribution in [0.2, 0.25) is 0 Å². The van der Waals surface area contributed by atoms with Crippen molar-refractivity contribution in [2.45, 2.75) is 26.1 Å². The smallest absolute Gasteiger partial charge is 0.431 e. The third kappa shape index (κ3) is 5.64. The van der Waals surface area contributed by atoms with E-state index in [9.17, 15) is 31.2 Å². The van der Waals surface area contributed by atoms with Gasteiger partial charge in [-0.15, -0.1) is 0 Å². The molecule has 1 rings (SSSR count). The minimum Gasteiger partial charge on any atom is -0.462 e. The van der Waals surface area contributed by atoms with Crippen LogP contribution in [0.5, 0.6) is 0 Å². The molecule has 0 fully saturated rings. The summed E-state index contributed by atoms with van der Waals surface area (Å²) in [7, 11) is -3.74. The summed E-state index contributed by atoms with van der Waals surface area (Å²) in [5.41, 5.74) is -2.95. The van der Waals surface area contributed by atoms with Gasteiger partial charge >= 0.3 is 12.1 Å². The zero-order valence-corrected chi connectivity index (χ0v) is 13.7. The van der Waals surface area contributed by atoms with Gasteiger partial charge in [-0.05, 0) is 25.5 Å². The normalized spacial score (nSPS) is 12.2.